The first-order valence-corrected chi connectivity index (χ1v) is 9.64. The Labute approximate surface area is 161 Å². The number of anilines is 1. The molecule has 138 valence electrons. The first kappa shape index (κ1) is 17.5. The Morgan fingerprint density at radius 3 is 2.59 bits per heavy atom. The summed E-state index contributed by atoms with van der Waals surface area (Å²) in [6.07, 6.45) is 0. The number of rotatable bonds is 5. The second-order valence-electron chi connectivity index (χ2n) is 6.04. The third-order valence-corrected chi connectivity index (χ3v) is 5.40. The van der Waals surface area contributed by atoms with E-state index in [4.69, 9.17) is 14.6 Å². The number of thioether (sulfide) groups is 1. The molecule has 0 radical (unpaired) electrons. The van der Waals surface area contributed by atoms with E-state index in [1.54, 1.807) is 44.2 Å². The molecule has 27 heavy (non-hydrogen) atoms. The summed E-state index contributed by atoms with van der Waals surface area (Å²) in [4.78, 5) is 12.9. The van der Waals surface area contributed by atoms with Crippen molar-refractivity contribution < 1.29 is 14.3 Å². The Hall–Kier alpha value is -2.93. The zero-order chi connectivity index (χ0) is 18.8. The van der Waals surface area contributed by atoms with Crippen molar-refractivity contribution in [3.8, 4) is 17.2 Å². The quantitative estimate of drug-likeness (QED) is 0.726. The van der Waals surface area contributed by atoms with Gasteiger partial charge in [-0.15, -0.1) is 0 Å². The van der Waals surface area contributed by atoms with Gasteiger partial charge in [-0.1, -0.05) is 18.2 Å². The van der Waals surface area contributed by atoms with Crippen LogP contribution in [0.5, 0.6) is 11.5 Å². The number of carbonyl (C=O) groups excluding carboxylic acids is 1. The van der Waals surface area contributed by atoms with Crippen molar-refractivity contribution in [2.75, 3.05) is 19.5 Å². The molecule has 0 saturated carbocycles. The zero-order valence-corrected chi connectivity index (χ0v) is 15.9. The van der Waals surface area contributed by atoms with Crippen LogP contribution in [0.25, 0.3) is 5.69 Å². The van der Waals surface area contributed by atoms with E-state index >= 15 is 0 Å². The summed E-state index contributed by atoms with van der Waals surface area (Å²) < 4.78 is 12.4. The number of nitrogens with one attached hydrogen (secondary N) is 1. The van der Waals surface area contributed by atoms with Crippen molar-refractivity contribution >= 4 is 23.5 Å². The molecule has 0 spiro atoms. The molecule has 0 unspecified atom stereocenters. The Balaban J connectivity index is 1.69. The summed E-state index contributed by atoms with van der Waals surface area (Å²) in [5.41, 5.74) is 3.51. The normalized spacial score (nSPS) is 12.5. The highest BCUT2D eigenvalue weighted by atomic mass is 32.2. The van der Waals surface area contributed by atoms with Crippen molar-refractivity contribution in [3.63, 3.8) is 0 Å². The lowest BCUT2D eigenvalue weighted by Gasteiger charge is -2.12. The number of hydrogen-bond acceptors (Lipinski definition) is 5. The molecule has 1 N–H and O–H groups in total. The average molecular weight is 381 g/mol. The Morgan fingerprint density at radius 2 is 1.85 bits per heavy atom. The molecule has 0 aliphatic carbocycles. The van der Waals surface area contributed by atoms with Gasteiger partial charge in [0.1, 0.15) is 5.82 Å². The van der Waals surface area contributed by atoms with Crippen LogP contribution in [0, 0.1) is 0 Å². The number of para-hydroxylation sites is 1. The van der Waals surface area contributed by atoms with Crippen molar-refractivity contribution in [2.45, 2.75) is 11.5 Å². The largest absolute Gasteiger partial charge is 0.493 e. The Morgan fingerprint density at radius 1 is 1.07 bits per heavy atom. The molecule has 2 heterocycles. The summed E-state index contributed by atoms with van der Waals surface area (Å²) in [6, 6.07) is 14.9. The molecule has 1 aliphatic heterocycles. The SMILES string of the molecule is COc1ccc(C(=O)Nc2c3c(nn2-c2ccccc2)CSC3)cc1OC. The third-order valence-electron chi connectivity index (χ3n) is 4.43. The van der Waals surface area contributed by atoms with Gasteiger partial charge in [0, 0.05) is 22.6 Å². The van der Waals surface area contributed by atoms with Gasteiger partial charge in [-0.25, -0.2) is 4.68 Å². The molecule has 6 nitrogen and oxygen atoms in total. The molecule has 2 aromatic carbocycles. The van der Waals surface area contributed by atoms with E-state index in [1.165, 1.54) is 0 Å². The minimum absolute atomic E-state index is 0.215. The summed E-state index contributed by atoms with van der Waals surface area (Å²) in [5.74, 6) is 3.30. The van der Waals surface area contributed by atoms with E-state index < -0.39 is 0 Å². The fourth-order valence-electron chi connectivity index (χ4n) is 3.05. The first-order valence-electron chi connectivity index (χ1n) is 8.48. The molecule has 1 amide bonds. The lowest BCUT2D eigenvalue weighted by molar-refractivity contribution is 0.102. The van der Waals surface area contributed by atoms with Crippen LogP contribution in [-0.2, 0) is 11.5 Å². The Bertz CT molecular complexity index is 986. The van der Waals surface area contributed by atoms with Gasteiger partial charge in [-0.2, -0.15) is 16.9 Å². The number of ether oxygens (including phenoxy) is 2. The van der Waals surface area contributed by atoms with Crippen LogP contribution in [-0.4, -0.2) is 29.9 Å². The van der Waals surface area contributed by atoms with Crippen molar-refractivity contribution in [3.05, 3.63) is 65.4 Å². The van der Waals surface area contributed by atoms with Gasteiger partial charge >= 0.3 is 0 Å². The van der Waals surface area contributed by atoms with Gasteiger partial charge in [-0.05, 0) is 30.3 Å². The van der Waals surface area contributed by atoms with Gasteiger partial charge in [0.25, 0.3) is 5.91 Å². The zero-order valence-electron chi connectivity index (χ0n) is 15.1. The third kappa shape index (κ3) is 3.26. The molecule has 1 aromatic heterocycles. The lowest BCUT2D eigenvalue weighted by atomic mass is 10.2. The van der Waals surface area contributed by atoms with E-state index in [-0.39, 0.29) is 5.91 Å². The van der Waals surface area contributed by atoms with Gasteiger partial charge in [0.05, 0.1) is 25.6 Å². The number of nitrogens with zero attached hydrogens (tertiary/aromatic N) is 2. The van der Waals surface area contributed by atoms with E-state index in [2.05, 4.69) is 5.32 Å². The molecule has 4 rings (SSSR count). The standard InChI is InChI=1S/C20H19N3O3S/c1-25-17-9-8-13(10-18(17)26-2)20(24)21-19-15-11-27-12-16(15)22-23(19)14-6-4-3-5-7-14/h3-10H,11-12H2,1-2H3,(H,21,24). The molecule has 3 aromatic rings. The average Bonchev–Trinajstić information content (AvgIpc) is 3.30. The van der Waals surface area contributed by atoms with E-state index in [0.717, 1.165) is 34.3 Å². The molecular weight excluding hydrogens is 362 g/mol. The number of carbonyl (C=O) groups is 1. The van der Waals surface area contributed by atoms with Crippen molar-refractivity contribution in [2.24, 2.45) is 0 Å². The number of fused-ring (bicyclic) bond motifs is 1. The van der Waals surface area contributed by atoms with Crippen LogP contribution in [0.3, 0.4) is 0 Å². The van der Waals surface area contributed by atoms with Crippen LogP contribution in [0.15, 0.2) is 48.5 Å². The second kappa shape index (κ2) is 7.36. The van der Waals surface area contributed by atoms with Gasteiger partial charge < -0.3 is 14.8 Å². The van der Waals surface area contributed by atoms with Gasteiger partial charge in [0.15, 0.2) is 11.5 Å². The molecule has 0 bridgehead atoms. The van der Waals surface area contributed by atoms with Crippen LogP contribution >= 0.6 is 11.8 Å². The summed E-state index contributed by atoms with van der Waals surface area (Å²) in [7, 11) is 3.12. The van der Waals surface area contributed by atoms with Crippen molar-refractivity contribution in [1.82, 2.24) is 9.78 Å². The number of hydrogen-bond donors (Lipinski definition) is 1. The maximum atomic E-state index is 12.9. The van der Waals surface area contributed by atoms with Crippen molar-refractivity contribution in [1.29, 1.82) is 0 Å². The first-order chi connectivity index (χ1) is 13.2. The molecule has 1 aliphatic rings. The van der Waals surface area contributed by atoms with Crippen LogP contribution in [0.2, 0.25) is 0 Å². The predicted molar refractivity (Wildman–Crippen MR) is 106 cm³/mol. The van der Waals surface area contributed by atoms with E-state index in [1.807, 2.05) is 35.0 Å². The minimum atomic E-state index is -0.215. The summed E-state index contributed by atoms with van der Waals surface area (Å²) >= 11 is 1.80. The van der Waals surface area contributed by atoms with Crippen LogP contribution in [0.4, 0.5) is 5.82 Å². The highest BCUT2D eigenvalue weighted by Crippen LogP contribution is 2.36. The topological polar surface area (TPSA) is 65.4 Å². The lowest BCUT2D eigenvalue weighted by Crippen LogP contribution is -2.16. The highest BCUT2D eigenvalue weighted by Gasteiger charge is 2.25. The fourth-order valence-corrected chi connectivity index (χ4v) is 4.09. The maximum absolute atomic E-state index is 12.9. The van der Waals surface area contributed by atoms with Crippen LogP contribution < -0.4 is 14.8 Å². The smallest absolute Gasteiger partial charge is 0.256 e. The Kier molecular flexibility index (Phi) is 4.77. The number of amides is 1. The molecule has 0 fully saturated rings. The minimum Gasteiger partial charge on any atom is -0.493 e. The van der Waals surface area contributed by atoms with E-state index in [9.17, 15) is 4.79 Å². The van der Waals surface area contributed by atoms with E-state index in [0.29, 0.717) is 17.1 Å². The molecule has 0 atom stereocenters. The monoisotopic (exact) mass is 381 g/mol. The van der Waals surface area contributed by atoms with Crippen LogP contribution in [0.1, 0.15) is 21.6 Å². The number of benzene rings is 2. The number of methoxy groups -OCH3 is 2. The second-order valence-corrected chi connectivity index (χ2v) is 7.02. The summed E-state index contributed by atoms with van der Waals surface area (Å²) in [6.45, 7) is 0. The highest BCUT2D eigenvalue weighted by molar-refractivity contribution is 7.98. The van der Waals surface area contributed by atoms with Gasteiger partial charge in [-0.3, -0.25) is 4.79 Å². The molecular formula is C20H19N3O3S. The van der Waals surface area contributed by atoms with Gasteiger partial charge in [0.2, 0.25) is 0 Å². The maximum Gasteiger partial charge on any atom is 0.256 e. The molecule has 7 heteroatoms. The predicted octanol–water partition coefficient (Wildman–Crippen LogP) is 3.89. The fraction of sp³-hybridized carbons (Fsp3) is 0.200. The number of aromatic nitrogens is 2. The molecule has 0 saturated heterocycles. The summed E-state index contributed by atoms with van der Waals surface area (Å²) in [5, 5.41) is 7.75.